The molecule has 1 unspecified atom stereocenters. The molecule has 1 saturated carbocycles. The standard InChI is InChI=1S/C13H21N3O/c1-13(7-8-14-9-13)12-15-11(16-17-12)10-5-3-2-4-6-10/h10,14H,2-9H2,1H3. The predicted molar refractivity (Wildman–Crippen MR) is 65.0 cm³/mol. The quantitative estimate of drug-likeness (QED) is 0.855. The number of hydrogen-bond acceptors (Lipinski definition) is 4. The largest absolute Gasteiger partial charge is 0.339 e. The summed E-state index contributed by atoms with van der Waals surface area (Å²) in [6.07, 6.45) is 7.55. The fourth-order valence-corrected chi connectivity index (χ4v) is 3.01. The Hall–Kier alpha value is -0.900. The van der Waals surface area contributed by atoms with Crippen LogP contribution in [0.1, 0.15) is 63.1 Å². The van der Waals surface area contributed by atoms with E-state index in [0.29, 0.717) is 5.92 Å². The van der Waals surface area contributed by atoms with Gasteiger partial charge in [0.2, 0.25) is 5.89 Å². The third kappa shape index (κ3) is 2.10. The van der Waals surface area contributed by atoms with Crippen molar-refractivity contribution in [2.75, 3.05) is 13.1 Å². The second-order valence-electron chi connectivity index (χ2n) is 5.78. The summed E-state index contributed by atoms with van der Waals surface area (Å²) in [4.78, 5) is 4.67. The van der Waals surface area contributed by atoms with Crippen LogP contribution in [0, 0.1) is 0 Å². The van der Waals surface area contributed by atoms with E-state index in [1.165, 1.54) is 32.1 Å². The van der Waals surface area contributed by atoms with Gasteiger partial charge in [-0.3, -0.25) is 0 Å². The van der Waals surface area contributed by atoms with Crippen molar-refractivity contribution in [3.05, 3.63) is 11.7 Å². The zero-order valence-electron chi connectivity index (χ0n) is 10.5. The lowest BCUT2D eigenvalue weighted by molar-refractivity contribution is 0.301. The molecule has 1 aromatic rings. The number of rotatable bonds is 2. The van der Waals surface area contributed by atoms with Crippen LogP contribution in [-0.2, 0) is 5.41 Å². The van der Waals surface area contributed by atoms with Crippen LogP contribution in [0.5, 0.6) is 0 Å². The van der Waals surface area contributed by atoms with Gasteiger partial charge in [-0.2, -0.15) is 4.98 Å². The van der Waals surface area contributed by atoms with E-state index in [1.807, 2.05) is 0 Å². The van der Waals surface area contributed by atoms with Gasteiger partial charge in [-0.25, -0.2) is 0 Å². The van der Waals surface area contributed by atoms with Crippen molar-refractivity contribution in [1.29, 1.82) is 0 Å². The van der Waals surface area contributed by atoms with Crippen molar-refractivity contribution < 1.29 is 4.52 Å². The van der Waals surface area contributed by atoms with Gasteiger partial charge in [0.1, 0.15) is 0 Å². The molecule has 0 radical (unpaired) electrons. The van der Waals surface area contributed by atoms with Gasteiger partial charge in [-0.1, -0.05) is 24.4 Å². The Balaban J connectivity index is 1.77. The number of aromatic nitrogens is 2. The molecule has 1 aromatic heterocycles. The summed E-state index contributed by atoms with van der Waals surface area (Å²) in [5, 5.41) is 7.59. The van der Waals surface area contributed by atoms with E-state index in [9.17, 15) is 0 Å². The van der Waals surface area contributed by atoms with E-state index in [4.69, 9.17) is 4.52 Å². The molecule has 3 rings (SSSR count). The lowest BCUT2D eigenvalue weighted by atomic mass is 9.88. The third-order valence-corrected chi connectivity index (χ3v) is 4.30. The topological polar surface area (TPSA) is 51.0 Å². The van der Waals surface area contributed by atoms with Crippen molar-refractivity contribution in [3.63, 3.8) is 0 Å². The molecular weight excluding hydrogens is 214 g/mol. The van der Waals surface area contributed by atoms with Crippen molar-refractivity contribution >= 4 is 0 Å². The van der Waals surface area contributed by atoms with E-state index in [-0.39, 0.29) is 5.41 Å². The van der Waals surface area contributed by atoms with Crippen LogP contribution in [0.4, 0.5) is 0 Å². The van der Waals surface area contributed by atoms with Crippen molar-refractivity contribution in [3.8, 4) is 0 Å². The highest BCUT2D eigenvalue weighted by molar-refractivity contribution is 5.09. The van der Waals surface area contributed by atoms with E-state index in [2.05, 4.69) is 22.4 Å². The van der Waals surface area contributed by atoms with Crippen LogP contribution >= 0.6 is 0 Å². The van der Waals surface area contributed by atoms with Crippen LogP contribution in [0.2, 0.25) is 0 Å². The lowest BCUT2D eigenvalue weighted by Crippen LogP contribution is -2.25. The van der Waals surface area contributed by atoms with Gasteiger partial charge in [0.05, 0.1) is 5.41 Å². The van der Waals surface area contributed by atoms with E-state index in [0.717, 1.165) is 31.2 Å². The summed E-state index contributed by atoms with van der Waals surface area (Å²) in [7, 11) is 0. The summed E-state index contributed by atoms with van der Waals surface area (Å²) in [5.41, 5.74) is 0.0555. The first-order valence-corrected chi connectivity index (χ1v) is 6.83. The Morgan fingerprint density at radius 2 is 2.12 bits per heavy atom. The SMILES string of the molecule is CC1(c2nc(C3CCCCC3)no2)CCNC1. The average molecular weight is 235 g/mol. The number of nitrogens with one attached hydrogen (secondary N) is 1. The second kappa shape index (κ2) is 4.41. The molecule has 1 saturated heterocycles. The molecule has 17 heavy (non-hydrogen) atoms. The van der Waals surface area contributed by atoms with E-state index < -0.39 is 0 Å². The summed E-state index contributed by atoms with van der Waals surface area (Å²) in [6.45, 7) is 4.22. The van der Waals surface area contributed by atoms with Gasteiger partial charge in [-0.15, -0.1) is 0 Å². The molecule has 2 fully saturated rings. The van der Waals surface area contributed by atoms with Gasteiger partial charge >= 0.3 is 0 Å². The van der Waals surface area contributed by atoms with E-state index in [1.54, 1.807) is 0 Å². The normalized spacial score (nSPS) is 30.9. The highest BCUT2D eigenvalue weighted by Crippen LogP contribution is 2.34. The minimum atomic E-state index is 0.0555. The molecule has 0 bridgehead atoms. The van der Waals surface area contributed by atoms with Gasteiger partial charge in [-0.05, 0) is 32.7 Å². The van der Waals surface area contributed by atoms with Crippen molar-refractivity contribution in [2.24, 2.45) is 0 Å². The van der Waals surface area contributed by atoms with Gasteiger partial charge in [0.25, 0.3) is 0 Å². The average Bonchev–Trinajstić information content (AvgIpc) is 2.99. The fraction of sp³-hybridized carbons (Fsp3) is 0.846. The molecule has 2 aliphatic rings. The maximum atomic E-state index is 5.50. The highest BCUT2D eigenvalue weighted by atomic mass is 16.5. The second-order valence-corrected chi connectivity index (χ2v) is 5.78. The summed E-state index contributed by atoms with van der Waals surface area (Å²) < 4.78 is 5.50. The zero-order valence-corrected chi connectivity index (χ0v) is 10.5. The Bertz CT molecular complexity index is 376. The molecule has 94 valence electrons. The van der Waals surface area contributed by atoms with Crippen LogP contribution in [0.15, 0.2) is 4.52 Å². The van der Waals surface area contributed by atoms with Crippen LogP contribution in [0.3, 0.4) is 0 Å². The molecule has 4 nitrogen and oxygen atoms in total. The molecule has 0 spiro atoms. The summed E-state index contributed by atoms with van der Waals surface area (Å²) in [5.74, 6) is 2.33. The zero-order chi connectivity index (χ0) is 11.7. The molecule has 1 aliphatic carbocycles. The lowest BCUT2D eigenvalue weighted by Gasteiger charge is -2.18. The maximum Gasteiger partial charge on any atom is 0.233 e. The first kappa shape index (κ1) is 11.2. The third-order valence-electron chi connectivity index (χ3n) is 4.30. The first-order valence-electron chi connectivity index (χ1n) is 6.83. The van der Waals surface area contributed by atoms with Crippen molar-refractivity contribution in [2.45, 2.75) is 56.8 Å². The molecule has 1 N–H and O–H groups in total. The number of nitrogens with zero attached hydrogens (tertiary/aromatic N) is 2. The highest BCUT2D eigenvalue weighted by Gasteiger charge is 2.36. The minimum absolute atomic E-state index is 0.0555. The molecule has 1 aliphatic heterocycles. The first-order chi connectivity index (χ1) is 8.28. The molecule has 0 aromatic carbocycles. The molecule has 0 amide bonds. The predicted octanol–water partition coefficient (Wildman–Crippen LogP) is 2.37. The van der Waals surface area contributed by atoms with Gasteiger partial charge < -0.3 is 9.84 Å². The van der Waals surface area contributed by atoms with E-state index >= 15 is 0 Å². The van der Waals surface area contributed by atoms with Crippen LogP contribution in [0.25, 0.3) is 0 Å². The number of hydrogen-bond donors (Lipinski definition) is 1. The Morgan fingerprint density at radius 1 is 1.29 bits per heavy atom. The monoisotopic (exact) mass is 235 g/mol. The Kier molecular flexibility index (Phi) is 2.90. The maximum absolute atomic E-state index is 5.50. The van der Waals surface area contributed by atoms with Crippen molar-refractivity contribution in [1.82, 2.24) is 15.5 Å². The smallest absolute Gasteiger partial charge is 0.233 e. The Labute approximate surface area is 102 Å². The molecule has 4 heteroatoms. The molecule has 2 heterocycles. The summed E-state index contributed by atoms with van der Waals surface area (Å²) >= 11 is 0. The van der Waals surface area contributed by atoms with Crippen LogP contribution < -0.4 is 5.32 Å². The van der Waals surface area contributed by atoms with Crippen LogP contribution in [-0.4, -0.2) is 23.2 Å². The molecule has 1 atom stereocenters. The Morgan fingerprint density at radius 3 is 2.82 bits per heavy atom. The summed E-state index contributed by atoms with van der Waals surface area (Å²) in [6, 6.07) is 0. The molecular formula is C13H21N3O. The fourth-order valence-electron chi connectivity index (χ4n) is 3.01. The van der Waals surface area contributed by atoms with Gasteiger partial charge in [0.15, 0.2) is 5.82 Å². The minimum Gasteiger partial charge on any atom is -0.339 e. The van der Waals surface area contributed by atoms with Gasteiger partial charge in [0, 0.05) is 12.5 Å².